The van der Waals surface area contributed by atoms with Gasteiger partial charge in [-0.15, -0.1) is 0 Å². The van der Waals surface area contributed by atoms with Gasteiger partial charge >= 0.3 is 6.03 Å². The summed E-state index contributed by atoms with van der Waals surface area (Å²) in [5.74, 6) is 0.738. The predicted octanol–water partition coefficient (Wildman–Crippen LogP) is 2.71. The molecule has 0 aromatic carbocycles. The van der Waals surface area contributed by atoms with Crippen molar-refractivity contribution >= 4 is 6.03 Å². The summed E-state index contributed by atoms with van der Waals surface area (Å²) < 4.78 is 0. The van der Waals surface area contributed by atoms with Crippen molar-refractivity contribution in [3.8, 4) is 0 Å². The van der Waals surface area contributed by atoms with Crippen LogP contribution in [0.4, 0.5) is 4.79 Å². The quantitative estimate of drug-likeness (QED) is 0.672. The van der Waals surface area contributed by atoms with Crippen molar-refractivity contribution in [2.24, 2.45) is 5.92 Å². The van der Waals surface area contributed by atoms with Crippen LogP contribution in [-0.4, -0.2) is 42.0 Å². The lowest BCUT2D eigenvalue weighted by Gasteiger charge is -2.37. The van der Waals surface area contributed by atoms with Gasteiger partial charge in [0.25, 0.3) is 0 Å². The molecule has 2 amide bonds. The van der Waals surface area contributed by atoms with E-state index in [0.29, 0.717) is 6.03 Å². The minimum Gasteiger partial charge on any atom is -0.325 e. The van der Waals surface area contributed by atoms with Gasteiger partial charge in [0.05, 0.1) is 0 Å². The first kappa shape index (κ1) is 11.7. The lowest BCUT2D eigenvalue weighted by Crippen LogP contribution is -2.49. The van der Waals surface area contributed by atoms with Gasteiger partial charge in [0.1, 0.15) is 0 Å². The van der Waals surface area contributed by atoms with Crippen molar-refractivity contribution in [2.45, 2.75) is 45.4 Å². The molecule has 2 aliphatic heterocycles. The Labute approximate surface area is 98.8 Å². The lowest BCUT2D eigenvalue weighted by molar-refractivity contribution is 0.120. The monoisotopic (exact) mass is 224 g/mol. The topological polar surface area (TPSA) is 23.6 Å². The molecule has 2 saturated heterocycles. The normalized spacial score (nSPS) is 26.9. The van der Waals surface area contributed by atoms with Crippen LogP contribution in [0.15, 0.2) is 0 Å². The van der Waals surface area contributed by atoms with E-state index in [-0.39, 0.29) is 0 Å². The van der Waals surface area contributed by atoms with Gasteiger partial charge in [-0.2, -0.15) is 0 Å². The molecule has 2 heterocycles. The van der Waals surface area contributed by atoms with Crippen LogP contribution < -0.4 is 0 Å². The number of likely N-dealkylation sites (tertiary alicyclic amines) is 2. The van der Waals surface area contributed by atoms with Crippen LogP contribution in [0.25, 0.3) is 0 Å². The fraction of sp³-hybridized carbons (Fsp3) is 0.923. The zero-order valence-corrected chi connectivity index (χ0v) is 10.5. The van der Waals surface area contributed by atoms with Crippen molar-refractivity contribution in [3.63, 3.8) is 0 Å². The van der Waals surface area contributed by atoms with Gasteiger partial charge in [0.2, 0.25) is 0 Å². The number of carbonyl (C=O) groups is 1. The summed E-state index contributed by atoms with van der Waals surface area (Å²) in [4.78, 5) is 16.4. The first-order valence-electron chi connectivity index (χ1n) is 6.85. The van der Waals surface area contributed by atoms with Gasteiger partial charge in [-0.05, 0) is 38.0 Å². The van der Waals surface area contributed by atoms with Crippen LogP contribution in [0, 0.1) is 5.92 Å². The summed E-state index contributed by atoms with van der Waals surface area (Å²) >= 11 is 0. The van der Waals surface area contributed by atoms with E-state index in [4.69, 9.17) is 0 Å². The summed E-state index contributed by atoms with van der Waals surface area (Å²) in [6, 6.07) is 0.304. The largest absolute Gasteiger partial charge is 0.325 e. The van der Waals surface area contributed by atoms with Crippen molar-refractivity contribution in [1.29, 1.82) is 0 Å². The highest BCUT2D eigenvalue weighted by Crippen LogP contribution is 2.21. The minimum absolute atomic E-state index is 0.304. The Morgan fingerprint density at radius 2 is 1.75 bits per heavy atom. The predicted molar refractivity (Wildman–Crippen MR) is 65.4 cm³/mol. The summed E-state index contributed by atoms with van der Waals surface area (Å²) in [5.41, 5.74) is 0. The molecule has 0 aromatic heterocycles. The third-order valence-electron chi connectivity index (χ3n) is 3.99. The molecular formula is C13H24N2O. The molecule has 0 radical (unpaired) electrons. The van der Waals surface area contributed by atoms with Gasteiger partial charge in [0.15, 0.2) is 0 Å². The zero-order valence-electron chi connectivity index (χ0n) is 10.5. The average molecular weight is 224 g/mol. The van der Waals surface area contributed by atoms with E-state index >= 15 is 0 Å². The molecule has 0 aromatic rings. The Morgan fingerprint density at radius 1 is 1.06 bits per heavy atom. The SMILES string of the molecule is CCC1CCCN(C(=O)N2CCCCC2)C1. The number of hydrogen-bond donors (Lipinski definition) is 0. The van der Waals surface area contributed by atoms with E-state index in [9.17, 15) is 4.79 Å². The Kier molecular flexibility index (Phi) is 4.08. The third kappa shape index (κ3) is 2.69. The molecule has 0 spiro atoms. The maximum absolute atomic E-state index is 12.3. The fourth-order valence-electron chi connectivity index (χ4n) is 2.86. The Morgan fingerprint density at radius 3 is 2.44 bits per heavy atom. The highest BCUT2D eigenvalue weighted by molar-refractivity contribution is 5.74. The molecule has 0 saturated carbocycles. The Balaban J connectivity index is 1.87. The average Bonchev–Trinajstić information content (AvgIpc) is 2.39. The van der Waals surface area contributed by atoms with E-state index in [1.54, 1.807) is 0 Å². The number of hydrogen-bond acceptors (Lipinski definition) is 1. The summed E-state index contributed by atoms with van der Waals surface area (Å²) in [7, 11) is 0. The highest BCUT2D eigenvalue weighted by atomic mass is 16.2. The summed E-state index contributed by atoms with van der Waals surface area (Å²) in [5, 5.41) is 0. The molecule has 2 aliphatic rings. The third-order valence-corrected chi connectivity index (χ3v) is 3.99. The first-order valence-corrected chi connectivity index (χ1v) is 6.85. The van der Waals surface area contributed by atoms with E-state index in [1.165, 1.54) is 38.5 Å². The van der Waals surface area contributed by atoms with Crippen molar-refractivity contribution in [2.75, 3.05) is 26.2 Å². The molecule has 92 valence electrons. The van der Waals surface area contributed by atoms with Gasteiger partial charge in [0, 0.05) is 26.2 Å². The maximum Gasteiger partial charge on any atom is 0.320 e. The van der Waals surface area contributed by atoms with E-state index in [1.807, 2.05) is 0 Å². The fourth-order valence-corrected chi connectivity index (χ4v) is 2.86. The van der Waals surface area contributed by atoms with Gasteiger partial charge in [-0.25, -0.2) is 4.79 Å². The molecule has 1 unspecified atom stereocenters. The molecule has 3 heteroatoms. The standard InChI is InChI=1S/C13H24N2O/c1-2-12-7-6-10-15(11-12)13(16)14-8-4-3-5-9-14/h12H,2-11H2,1H3. The van der Waals surface area contributed by atoms with Crippen molar-refractivity contribution in [1.82, 2.24) is 9.80 Å². The first-order chi connectivity index (χ1) is 7.81. The number of urea groups is 1. The van der Waals surface area contributed by atoms with Crippen LogP contribution in [0.3, 0.4) is 0 Å². The number of carbonyl (C=O) groups excluding carboxylic acids is 1. The lowest BCUT2D eigenvalue weighted by atomic mass is 9.96. The van der Waals surface area contributed by atoms with E-state index in [0.717, 1.165) is 32.1 Å². The molecule has 2 fully saturated rings. The molecule has 16 heavy (non-hydrogen) atoms. The molecule has 0 bridgehead atoms. The molecule has 1 atom stereocenters. The van der Waals surface area contributed by atoms with Gasteiger partial charge in [-0.1, -0.05) is 13.3 Å². The highest BCUT2D eigenvalue weighted by Gasteiger charge is 2.26. The molecule has 0 N–H and O–H groups in total. The molecule has 2 rings (SSSR count). The van der Waals surface area contributed by atoms with Crippen LogP contribution >= 0.6 is 0 Å². The maximum atomic E-state index is 12.3. The number of nitrogens with zero attached hydrogens (tertiary/aromatic N) is 2. The van der Waals surface area contributed by atoms with E-state index in [2.05, 4.69) is 16.7 Å². The Bertz CT molecular complexity index is 236. The molecular weight excluding hydrogens is 200 g/mol. The van der Waals surface area contributed by atoms with Crippen molar-refractivity contribution in [3.05, 3.63) is 0 Å². The number of rotatable bonds is 1. The molecule has 3 nitrogen and oxygen atoms in total. The second-order valence-corrected chi connectivity index (χ2v) is 5.19. The van der Waals surface area contributed by atoms with Crippen LogP contribution in [-0.2, 0) is 0 Å². The van der Waals surface area contributed by atoms with Crippen LogP contribution in [0.5, 0.6) is 0 Å². The van der Waals surface area contributed by atoms with E-state index < -0.39 is 0 Å². The van der Waals surface area contributed by atoms with Crippen LogP contribution in [0.2, 0.25) is 0 Å². The number of piperidine rings is 2. The summed E-state index contributed by atoms with van der Waals surface area (Å²) in [6.07, 6.45) is 7.39. The van der Waals surface area contributed by atoms with Crippen molar-refractivity contribution < 1.29 is 4.79 Å². The van der Waals surface area contributed by atoms with Gasteiger partial charge in [-0.3, -0.25) is 0 Å². The van der Waals surface area contributed by atoms with Crippen LogP contribution in [0.1, 0.15) is 45.4 Å². The number of amides is 2. The smallest absolute Gasteiger partial charge is 0.320 e. The van der Waals surface area contributed by atoms with Gasteiger partial charge < -0.3 is 9.80 Å². The minimum atomic E-state index is 0.304. The second kappa shape index (κ2) is 5.55. The molecule has 0 aliphatic carbocycles. The Hall–Kier alpha value is -0.730. The second-order valence-electron chi connectivity index (χ2n) is 5.19. The zero-order chi connectivity index (χ0) is 11.4. The summed E-state index contributed by atoms with van der Waals surface area (Å²) in [6.45, 7) is 6.16.